The van der Waals surface area contributed by atoms with Crippen molar-refractivity contribution >= 4 is 34.7 Å². The summed E-state index contributed by atoms with van der Waals surface area (Å²) in [5, 5.41) is 4.01. The first-order valence-electron chi connectivity index (χ1n) is 8.22. The summed E-state index contributed by atoms with van der Waals surface area (Å²) in [4.78, 5) is 12.2. The minimum atomic E-state index is -0.630. The van der Waals surface area contributed by atoms with Gasteiger partial charge in [0.15, 0.2) is 6.10 Å². The molecule has 1 N–H and O–H groups in total. The van der Waals surface area contributed by atoms with Crippen LogP contribution in [0.1, 0.15) is 43.4 Å². The third-order valence-corrected chi connectivity index (χ3v) is 4.46. The van der Waals surface area contributed by atoms with E-state index in [9.17, 15) is 4.79 Å². The molecule has 5 heteroatoms. The lowest BCUT2D eigenvalue weighted by molar-refractivity contribution is -0.127. The van der Waals surface area contributed by atoms with Crippen molar-refractivity contribution in [2.45, 2.75) is 39.7 Å². The Labute approximate surface area is 162 Å². The van der Waals surface area contributed by atoms with Crippen LogP contribution in [0.2, 0.25) is 0 Å². The summed E-state index contributed by atoms with van der Waals surface area (Å²) in [7, 11) is 0. The van der Waals surface area contributed by atoms with Crippen LogP contribution in [0.4, 0.5) is 0 Å². The van der Waals surface area contributed by atoms with Gasteiger partial charge >= 0.3 is 0 Å². The molecule has 0 aliphatic rings. The summed E-state index contributed by atoms with van der Waals surface area (Å²) in [6.45, 7) is 7.95. The van der Waals surface area contributed by atoms with Gasteiger partial charge in [0, 0.05) is 3.57 Å². The number of carbonyl (C=O) groups excluding carboxylic acids is 1. The van der Waals surface area contributed by atoms with Gasteiger partial charge in [-0.15, -0.1) is 0 Å². The standard InChI is InChI=1S/C20H23IN2O2/c1-13(2)17-9-8-14(3)19(11-17)25-15(4)20(24)23-22-12-16-6-5-7-18(21)10-16/h5-13,15H,1-4H3,(H,23,24)/t15-/m1/s1. The molecular weight excluding hydrogens is 427 g/mol. The van der Waals surface area contributed by atoms with E-state index in [-0.39, 0.29) is 5.91 Å². The SMILES string of the molecule is Cc1ccc(C(C)C)cc1O[C@H](C)C(=O)NN=Cc1cccc(I)c1. The lowest BCUT2D eigenvalue weighted by Gasteiger charge is -2.16. The summed E-state index contributed by atoms with van der Waals surface area (Å²) in [6, 6.07) is 14.0. The number of carbonyl (C=O) groups is 1. The van der Waals surface area contributed by atoms with E-state index in [1.807, 2.05) is 43.3 Å². The Morgan fingerprint density at radius 1 is 1.20 bits per heavy atom. The topological polar surface area (TPSA) is 50.7 Å². The van der Waals surface area contributed by atoms with Crippen LogP contribution >= 0.6 is 22.6 Å². The van der Waals surface area contributed by atoms with Crippen molar-refractivity contribution in [3.63, 3.8) is 0 Å². The minimum Gasteiger partial charge on any atom is -0.481 e. The van der Waals surface area contributed by atoms with E-state index < -0.39 is 6.10 Å². The molecule has 0 heterocycles. The molecule has 2 aromatic carbocycles. The zero-order chi connectivity index (χ0) is 18.4. The quantitative estimate of drug-likeness (QED) is 0.396. The van der Waals surface area contributed by atoms with Gasteiger partial charge in [0.25, 0.3) is 5.91 Å². The lowest BCUT2D eigenvalue weighted by Crippen LogP contribution is -2.33. The van der Waals surface area contributed by atoms with Crippen molar-refractivity contribution in [2.75, 3.05) is 0 Å². The summed E-state index contributed by atoms with van der Waals surface area (Å²) in [6.07, 6.45) is 0.992. The first-order chi connectivity index (χ1) is 11.9. The average molecular weight is 450 g/mol. The molecule has 1 amide bonds. The first kappa shape index (κ1) is 19.4. The van der Waals surface area contributed by atoms with Crippen LogP contribution in [0.5, 0.6) is 5.75 Å². The molecule has 0 saturated carbocycles. The van der Waals surface area contributed by atoms with Gasteiger partial charge in [0.1, 0.15) is 5.75 Å². The van der Waals surface area contributed by atoms with Crippen molar-refractivity contribution in [1.82, 2.24) is 5.43 Å². The molecule has 0 fully saturated rings. The Morgan fingerprint density at radius 2 is 1.96 bits per heavy atom. The summed E-state index contributed by atoms with van der Waals surface area (Å²) in [5.41, 5.74) is 5.65. The van der Waals surface area contributed by atoms with Crippen molar-refractivity contribution < 1.29 is 9.53 Å². The summed E-state index contributed by atoms with van der Waals surface area (Å²) in [5.74, 6) is 0.858. The van der Waals surface area contributed by atoms with Gasteiger partial charge in [-0.2, -0.15) is 5.10 Å². The highest BCUT2D eigenvalue weighted by atomic mass is 127. The third-order valence-electron chi connectivity index (χ3n) is 3.79. The number of nitrogens with one attached hydrogen (secondary N) is 1. The monoisotopic (exact) mass is 450 g/mol. The second kappa shape index (κ2) is 8.99. The maximum absolute atomic E-state index is 12.2. The number of hydrazone groups is 1. The van der Waals surface area contributed by atoms with E-state index in [2.05, 4.69) is 53.0 Å². The van der Waals surface area contributed by atoms with Crippen LogP contribution < -0.4 is 10.2 Å². The molecule has 0 aliphatic heterocycles. The van der Waals surface area contributed by atoms with Gasteiger partial charge in [-0.1, -0.05) is 38.1 Å². The highest BCUT2D eigenvalue weighted by molar-refractivity contribution is 14.1. The third kappa shape index (κ3) is 5.85. The number of rotatable bonds is 6. The van der Waals surface area contributed by atoms with Crippen LogP contribution in [0.25, 0.3) is 0 Å². The van der Waals surface area contributed by atoms with Gasteiger partial charge < -0.3 is 4.74 Å². The second-order valence-corrected chi connectivity index (χ2v) is 7.47. The highest BCUT2D eigenvalue weighted by Gasteiger charge is 2.15. The number of aryl methyl sites for hydroxylation is 1. The van der Waals surface area contributed by atoms with Crippen molar-refractivity contribution in [3.8, 4) is 5.75 Å². The van der Waals surface area contributed by atoms with Gasteiger partial charge in [-0.05, 0) is 77.2 Å². The van der Waals surface area contributed by atoms with Gasteiger partial charge in [0.05, 0.1) is 6.21 Å². The molecule has 132 valence electrons. The number of benzene rings is 2. The molecule has 0 spiro atoms. The van der Waals surface area contributed by atoms with E-state index in [1.165, 1.54) is 5.56 Å². The van der Waals surface area contributed by atoms with E-state index in [0.717, 1.165) is 20.4 Å². The molecule has 2 rings (SSSR count). The molecule has 0 bridgehead atoms. The molecule has 0 aliphatic carbocycles. The molecule has 4 nitrogen and oxygen atoms in total. The average Bonchev–Trinajstić information content (AvgIpc) is 2.56. The number of hydrogen-bond acceptors (Lipinski definition) is 3. The predicted octanol–water partition coefficient (Wildman–Crippen LogP) is 4.64. The Balaban J connectivity index is 1.97. The Kier molecular flexibility index (Phi) is 6.99. The van der Waals surface area contributed by atoms with E-state index >= 15 is 0 Å². The molecule has 25 heavy (non-hydrogen) atoms. The molecule has 0 aromatic heterocycles. The normalized spacial score (nSPS) is 12.4. The molecule has 1 atom stereocenters. The largest absolute Gasteiger partial charge is 0.481 e. The first-order valence-corrected chi connectivity index (χ1v) is 9.30. The Bertz CT molecular complexity index is 772. The number of halogens is 1. The van der Waals surface area contributed by atoms with Gasteiger partial charge in [-0.25, -0.2) is 5.43 Å². The van der Waals surface area contributed by atoms with Gasteiger partial charge in [0.2, 0.25) is 0 Å². The van der Waals surface area contributed by atoms with Crippen LogP contribution in [0.3, 0.4) is 0 Å². The van der Waals surface area contributed by atoms with Crippen molar-refractivity contribution in [1.29, 1.82) is 0 Å². The van der Waals surface area contributed by atoms with Crippen LogP contribution in [0.15, 0.2) is 47.6 Å². The van der Waals surface area contributed by atoms with Crippen molar-refractivity contribution in [3.05, 3.63) is 62.7 Å². The van der Waals surface area contributed by atoms with E-state index in [0.29, 0.717) is 5.92 Å². The molecule has 0 unspecified atom stereocenters. The molecule has 0 saturated heterocycles. The van der Waals surface area contributed by atoms with Crippen LogP contribution in [0, 0.1) is 10.5 Å². The number of hydrogen-bond donors (Lipinski definition) is 1. The number of amides is 1. The van der Waals surface area contributed by atoms with Gasteiger partial charge in [-0.3, -0.25) is 4.79 Å². The molecule has 2 aromatic rings. The second-order valence-electron chi connectivity index (χ2n) is 6.23. The number of ether oxygens (including phenoxy) is 1. The molecule has 0 radical (unpaired) electrons. The molecular formula is C20H23IN2O2. The predicted molar refractivity (Wildman–Crippen MR) is 110 cm³/mol. The Morgan fingerprint density at radius 3 is 2.64 bits per heavy atom. The Hall–Kier alpha value is -1.89. The maximum atomic E-state index is 12.2. The smallest absolute Gasteiger partial charge is 0.280 e. The van der Waals surface area contributed by atoms with Crippen molar-refractivity contribution in [2.24, 2.45) is 5.10 Å². The van der Waals surface area contributed by atoms with E-state index in [1.54, 1.807) is 13.1 Å². The fourth-order valence-corrected chi connectivity index (χ4v) is 2.76. The van der Waals surface area contributed by atoms with Crippen LogP contribution in [-0.2, 0) is 4.79 Å². The lowest BCUT2D eigenvalue weighted by atomic mass is 10.0. The number of nitrogens with zero attached hydrogens (tertiary/aromatic N) is 1. The van der Waals surface area contributed by atoms with Crippen LogP contribution in [-0.4, -0.2) is 18.2 Å². The fraction of sp³-hybridized carbons (Fsp3) is 0.300. The highest BCUT2D eigenvalue weighted by Crippen LogP contribution is 2.25. The van der Waals surface area contributed by atoms with E-state index in [4.69, 9.17) is 4.74 Å². The maximum Gasteiger partial charge on any atom is 0.280 e. The zero-order valence-electron chi connectivity index (χ0n) is 14.9. The zero-order valence-corrected chi connectivity index (χ0v) is 17.1. The summed E-state index contributed by atoms with van der Waals surface area (Å²) < 4.78 is 6.95. The fourth-order valence-electron chi connectivity index (χ4n) is 2.19. The minimum absolute atomic E-state index is 0.281. The summed E-state index contributed by atoms with van der Waals surface area (Å²) >= 11 is 2.23.